The average Bonchev–Trinajstić information content (AvgIpc) is 2.28. The van der Waals surface area contributed by atoms with Gasteiger partial charge in [-0.05, 0) is 38.0 Å². The summed E-state index contributed by atoms with van der Waals surface area (Å²) in [7, 11) is 0. The number of esters is 1. The van der Waals surface area contributed by atoms with Gasteiger partial charge in [-0.2, -0.15) is 0 Å². The number of pyridine rings is 1. The third kappa shape index (κ3) is 2.01. The molecule has 2 aromatic rings. The van der Waals surface area contributed by atoms with Crippen molar-refractivity contribution in [3.05, 3.63) is 35.0 Å². The van der Waals surface area contributed by atoms with Gasteiger partial charge in [0, 0.05) is 11.6 Å². The molecule has 0 amide bonds. The molecule has 0 atom stereocenters. The summed E-state index contributed by atoms with van der Waals surface area (Å²) in [6, 6.07) is 3.82. The molecule has 0 saturated heterocycles. The first kappa shape index (κ1) is 12.4. The summed E-state index contributed by atoms with van der Waals surface area (Å²) in [6.07, 6.45) is 1.36. The van der Waals surface area contributed by atoms with Crippen molar-refractivity contribution in [2.24, 2.45) is 0 Å². The predicted molar refractivity (Wildman–Crippen MR) is 68.8 cm³/mol. The van der Waals surface area contributed by atoms with Crippen LogP contribution in [0.2, 0.25) is 0 Å². The van der Waals surface area contributed by atoms with E-state index in [0.29, 0.717) is 10.9 Å². The van der Waals surface area contributed by atoms with Gasteiger partial charge in [0.05, 0.1) is 12.1 Å². The Kier molecular flexibility index (Phi) is 3.19. The summed E-state index contributed by atoms with van der Waals surface area (Å²) in [5.74, 6) is -0.611. The normalized spacial score (nSPS) is 10.6. The van der Waals surface area contributed by atoms with Gasteiger partial charge in [-0.25, -0.2) is 4.79 Å². The van der Waals surface area contributed by atoms with E-state index < -0.39 is 5.97 Å². The molecule has 4 heteroatoms. The van der Waals surface area contributed by atoms with Gasteiger partial charge in [0.2, 0.25) is 0 Å². The molecule has 0 saturated carbocycles. The first-order valence-electron chi connectivity index (χ1n) is 5.80. The highest BCUT2D eigenvalue weighted by Crippen LogP contribution is 2.31. The Bertz CT molecular complexity index is 620. The summed E-state index contributed by atoms with van der Waals surface area (Å²) in [4.78, 5) is 15.9. The maximum absolute atomic E-state index is 11.7. The lowest BCUT2D eigenvalue weighted by Crippen LogP contribution is -2.06. The molecule has 0 aliphatic carbocycles. The van der Waals surface area contributed by atoms with Crippen molar-refractivity contribution in [1.82, 2.24) is 4.98 Å². The number of carbonyl (C=O) groups is 1. The fourth-order valence-corrected chi connectivity index (χ4v) is 2.04. The number of fused-ring (bicyclic) bond motifs is 1. The summed E-state index contributed by atoms with van der Waals surface area (Å²) in [5, 5.41) is 10.8. The molecule has 4 nitrogen and oxygen atoms in total. The molecule has 1 aromatic heterocycles. The Balaban J connectivity index is 2.67. The predicted octanol–water partition coefficient (Wildman–Crippen LogP) is 2.73. The Morgan fingerprint density at radius 3 is 2.78 bits per heavy atom. The fraction of sp³-hybridized carbons (Fsp3) is 0.286. The zero-order valence-electron chi connectivity index (χ0n) is 10.7. The van der Waals surface area contributed by atoms with Crippen molar-refractivity contribution in [2.45, 2.75) is 20.8 Å². The van der Waals surface area contributed by atoms with Gasteiger partial charge in [0.1, 0.15) is 11.3 Å². The number of carbonyl (C=O) groups excluding carboxylic acids is 1. The molecular formula is C14H15NO3. The van der Waals surface area contributed by atoms with Crippen LogP contribution < -0.4 is 0 Å². The van der Waals surface area contributed by atoms with Crippen LogP contribution in [0, 0.1) is 13.8 Å². The lowest BCUT2D eigenvalue weighted by Gasteiger charge is -2.09. The second-order valence-electron chi connectivity index (χ2n) is 4.22. The number of aromatic hydroxyl groups is 1. The molecule has 1 N–H and O–H groups in total. The van der Waals surface area contributed by atoms with Crippen molar-refractivity contribution >= 4 is 16.9 Å². The van der Waals surface area contributed by atoms with E-state index in [9.17, 15) is 9.90 Å². The van der Waals surface area contributed by atoms with Crippen LogP contribution >= 0.6 is 0 Å². The van der Waals surface area contributed by atoms with Crippen molar-refractivity contribution in [1.29, 1.82) is 0 Å². The van der Waals surface area contributed by atoms with Crippen LogP contribution in [0.25, 0.3) is 10.9 Å². The third-order valence-corrected chi connectivity index (χ3v) is 2.78. The van der Waals surface area contributed by atoms with E-state index >= 15 is 0 Å². The number of hydrogen-bond donors (Lipinski definition) is 1. The Hall–Kier alpha value is -2.10. The largest absolute Gasteiger partial charge is 0.506 e. The summed E-state index contributed by atoms with van der Waals surface area (Å²) >= 11 is 0. The molecule has 0 radical (unpaired) electrons. The second-order valence-corrected chi connectivity index (χ2v) is 4.22. The van der Waals surface area contributed by atoms with Crippen LogP contribution in [0.15, 0.2) is 18.3 Å². The minimum Gasteiger partial charge on any atom is -0.506 e. The molecule has 0 bridgehead atoms. The van der Waals surface area contributed by atoms with E-state index in [-0.39, 0.29) is 17.9 Å². The van der Waals surface area contributed by atoms with Crippen LogP contribution in [-0.2, 0) is 4.74 Å². The minimum absolute atomic E-state index is 0.0593. The quantitative estimate of drug-likeness (QED) is 0.826. The lowest BCUT2D eigenvalue weighted by molar-refractivity contribution is 0.0523. The van der Waals surface area contributed by atoms with E-state index in [4.69, 9.17) is 4.74 Å². The SMILES string of the molecule is CCOC(=O)c1cnc2cc(C)cc(C)c2c1O. The van der Waals surface area contributed by atoms with E-state index in [0.717, 1.165) is 11.1 Å². The molecule has 94 valence electrons. The van der Waals surface area contributed by atoms with Crippen LogP contribution in [0.4, 0.5) is 0 Å². The third-order valence-electron chi connectivity index (χ3n) is 2.78. The van der Waals surface area contributed by atoms with Crippen molar-refractivity contribution < 1.29 is 14.6 Å². The molecule has 18 heavy (non-hydrogen) atoms. The maximum atomic E-state index is 11.7. The van der Waals surface area contributed by atoms with Gasteiger partial charge in [-0.1, -0.05) is 6.07 Å². The average molecular weight is 245 g/mol. The second kappa shape index (κ2) is 4.64. The van der Waals surface area contributed by atoms with Crippen molar-refractivity contribution in [3.63, 3.8) is 0 Å². The van der Waals surface area contributed by atoms with E-state index in [1.54, 1.807) is 6.92 Å². The highest BCUT2D eigenvalue weighted by Gasteiger charge is 2.17. The molecule has 0 fully saturated rings. The van der Waals surface area contributed by atoms with Gasteiger partial charge in [-0.3, -0.25) is 4.98 Å². The van der Waals surface area contributed by atoms with Gasteiger partial charge < -0.3 is 9.84 Å². The highest BCUT2D eigenvalue weighted by molar-refractivity contribution is 6.00. The Morgan fingerprint density at radius 1 is 1.39 bits per heavy atom. The molecule has 2 rings (SSSR count). The number of nitrogens with zero attached hydrogens (tertiary/aromatic N) is 1. The molecule has 1 aromatic carbocycles. The van der Waals surface area contributed by atoms with Gasteiger partial charge >= 0.3 is 5.97 Å². The number of aromatic nitrogens is 1. The fourth-order valence-electron chi connectivity index (χ4n) is 2.04. The van der Waals surface area contributed by atoms with E-state index in [2.05, 4.69) is 4.98 Å². The molecule has 0 unspecified atom stereocenters. The van der Waals surface area contributed by atoms with Gasteiger partial charge in [0.15, 0.2) is 0 Å². The zero-order chi connectivity index (χ0) is 13.3. The van der Waals surface area contributed by atoms with Gasteiger partial charge in [-0.15, -0.1) is 0 Å². The van der Waals surface area contributed by atoms with Crippen LogP contribution in [0.3, 0.4) is 0 Å². The van der Waals surface area contributed by atoms with E-state index in [1.165, 1.54) is 6.20 Å². The topological polar surface area (TPSA) is 59.4 Å². The maximum Gasteiger partial charge on any atom is 0.343 e. The number of benzene rings is 1. The molecule has 0 spiro atoms. The van der Waals surface area contributed by atoms with Crippen LogP contribution in [-0.4, -0.2) is 22.7 Å². The van der Waals surface area contributed by atoms with Crippen molar-refractivity contribution in [2.75, 3.05) is 6.61 Å². The van der Waals surface area contributed by atoms with E-state index in [1.807, 2.05) is 26.0 Å². The monoisotopic (exact) mass is 245 g/mol. The Morgan fingerprint density at radius 2 is 2.11 bits per heavy atom. The molecule has 1 heterocycles. The molecule has 0 aliphatic heterocycles. The Labute approximate surface area is 105 Å². The summed E-state index contributed by atoms with van der Waals surface area (Å²) in [6.45, 7) is 5.83. The lowest BCUT2D eigenvalue weighted by atomic mass is 10.0. The highest BCUT2D eigenvalue weighted by atomic mass is 16.5. The van der Waals surface area contributed by atoms with Crippen LogP contribution in [0.1, 0.15) is 28.4 Å². The molecule has 0 aliphatic rings. The summed E-state index contributed by atoms with van der Waals surface area (Å²) in [5.41, 5.74) is 2.74. The smallest absolute Gasteiger partial charge is 0.343 e. The summed E-state index contributed by atoms with van der Waals surface area (Å²) < 4.78 is 4.88. The van der Waals surface area contributed by atoms with Crippen LogP contribution in [0.5, 0.6) is 5.75 Å². The van der Waals surface area contributed by atoms with Crippen molar-refractivity contribution in [3.8, 4) is 5.75 Å². The first-order chi connectivity index (χ1) is 8.54. The first-order valence-corrected chi connectivity index (χ1v) is 5.80. The zero-order valence-corrected chi connectivity index (χ0v) is 10.7. The number of hydrogen-bond acceptors (Lipinski definition) is 4. The standard InChI is InChI=1S/C14H15NO3/c1-4-18-14(17)10-7-15-11-6-8(2)5-9(3)12(11)13(10)16/h5-7H,4H2,1-3H3,(H,15,16). The number of rotatable bonds is 2. The number of ether oxygens (including phenoxy) is 1. The molecular weight excluding hydrogens is 230 g/mol. The minimum atomic E-state index is -0.552. The van der Waals surface area contributed by atoms with Gasteiger partial charge in [0.25, 0.3) is 0 Å². The number of aryl methyl sites for hydroxylation is 2.